The van der Waals surface area contributed by atoms with Crippen molar-refractivity contribution in [2.75, 3.05) is 6.54 Å². The molecule has 76 valence electrons. The fraction of sp³-hybridized carbons (Fsp3) is 0.300. The molecule has 0 bridgehead atoms. The molecule has 1 amide bonds. The van der Waals surface area contributed by atoms with Gasteiger partial charge in [0.2, 0.25) is 0 Å². The lowest BCUT2D eigenvalue weighted by atomic mass is 10.1. The third-order valence-corrected chi connectivity index (χ3v) is 1.81. The highest BCUT2D eigenvalue weighted by atomic mass is 19.1. The highest BCUT2D eigenvalue weighted by Crippen LogP contribution is 2.05. The average molecular weight is 197 g/mol. The molecule has 0 saturated heterocycles. The quantitative estimate of drug-likeness (QED) is 0.725. The Balaban J connectivity index is 2.28. The monoisotopic (exact) mass is 197 g/mol. The van der Waals surface area contributed by atoms with Crippen LogP contribution in [0.3, 0.4) is 0 Å². The first-order valence-electron chi connectivity index (χ1n) is 4.40. The van der Waals surface area contributed by atoms with E-state index in [1.54, 1.807) is 6.07 Å². The summed E-state index contributed by atoms with van der Waals surface area (Å²) < 4.78 is 12.7. The minimum atomic E-state index is -1.02. The maximum absolute atomic E-state index is 12.7. The highest BCUT2D eigenvalue weighted by molar-refractivity contribution is 5.64. The van der Waals surface area contributed by atoms with E-state index in [0.717, 1.165) is 5.56 Å². The summed E-state index contributed by atoms with van der Waals surface area (Å²) in [4.78, 5) is 10.1. The lowest BCUT2D eigenvalue weighted by molar-refractivity contribution is 0.194. The average Bonchev–Trinajstić information content (AvgIpc) is 2.12. The van der Waals surface area contributed by atoms with Crippen molar-refractivity contribution in [3.63, 3.8) is 0 Å². The van der Waals surface area contributed by atoms with Crippen LogP contribution in [0.5, 0.6) is 0 Å². The lowest BCUT2D eigenvalue weighted by Gasteiger charge is -2.01. The van der Waals surface area contributed by atoms with E-state index in [1.165, 1.54) is 12.1 Å². The van der Waals surface area contributed by atoms with Crippen LogP contribution < -0.4 is 5.32 Å². The summed E-state index contributed by atoms with van der Waals surface area (Å²) in [5.74, 6) is -0.256. The van der Waals surface area contributed by atoms with Crippen LogP contribution in [-0.4, -0.2) is 17.7 Å². The molecule has 0 radical (unpaired) electrons. The van der Waals surface area contributed by atoms with Gasteiger partial charge < -0.3 is 10.4 Å². The van der Waals surface area contributed by atoms with Crippen molar-refractivity contribution < 1.29 is 14.3 Å². The number of hydrogen-bond donors (Lipinski definition) is 2. The summed E-state index contributed by atoms with van der Waals surface area (Å²) in [5, 5.41) is 10.5. The van der Waals surface area contributed by atoms with Gasteiger partial charge in [-0.2, -0.15) is 0 Å². The van der Waals surface area contributed by atoms with Gasteiger partial charge in [0.05, 0.1) is 0 Å². The summed E-state index contributed by atoms with van der Waals surface area (Å²) in [6.45, 7) is 0.395. The van der Waals surface area contributed by atoms with Gasteiger partial charge in [0.25, 0.3) is 0 Å². The number of aryl methyl sites for hydroxylation is 1. The molecule has 4 heteroatoms. The zero-order valence-electron chi connectivity index (χ0n) is 7.66. The van der Waals surface area contributed by atoms with Gasteiger partial charge in [-0.1, -0.05) is 12.1 Å². The smallest absolute Gasteiger partial charge is 0.404 e. The fourth-order valence-electron chi connectivity index (χ4n) is 1.18. The van der Waals surface area contributed by atoms with Gasteiger partial charge in [0.1, 0.15) is 5.82 Å². The summed E-state index contributed by atoms with van der Waals surface area (Å²) in [6.07, 6.45) is 0.331. The van der Waals surface area contributed by atoms with Gasteiger partial charge in [-0.05, 0) is 30.5 Å². The standard InChI is InChI=1S/C10H12FNO2/c11-9-5-1-3-8(7-9)4-2-6-12-10(13)14/h1,3,5,7,12H,2,4,6H2,(H,13,14). The van der Waals surface area contributed by atoms with Crippen LogP contribution in [-0.2, 0) is 6.42 Å². The van der Waals surface area contributed by atoms with Crippen LogP contribution >= 0.6 is 0 Å². The predicted molar refractivity (Wildman–Crippen MR) is 50.7 cm³/mol. The van der Waals surface area contributed by atoms with Crippen molar-refractivity contribution >= 4 is 6.09 Å². The van der Waals surface area contributed by atoms with Gasteiger partial charge in [-0.15, -0.1) is 0 Å². The topological polar surface area (TPSA) is 49.3 Å². The molecule has 1 rings (SSSR count). The Hall–Kier alpha value is -1.58. The van der Waals surface area contributed by atoms with Crippen LogP contribution in [0.4, 0.5) is 9.18 Å². The van der Waals surface area contributed by atoms with Crippen LogP contribution in [0.2, 0.25) is 0 Å². The van der Waals surface area contributed by atoms with Gasteiger partial charge in [0.15, 0.2) is 0 Å². The van der Waals surface area contributed by atoms with E-state index in [-0.39, 0.29) is 5.82 Å². The molecular weight excluding hydrogens is 185 g/mol. The number of hydrogen-bond acceptors (Lipinski definition) is 1. The van der Waals surface area contributed by atoms with Crippen molar-refractivity contribution in [2.45, 2.75) is 12.8 Å². The van der Waals surface area contributed by atoms with E-state index >= 15 is 0 Å². The molecule has 1 aromatic carbocycles. The minimum absolute atomic E-state index is 0.256. The first-order valence-corrected chi connectivity index (χ1v) is 4.40. The maximum atomic E-state index is 12.7. The second kappa shape index (κ2) is 5.21. The Morgan fingerprint density at radius 3 is 2.93 bits per heavy atom. The second-order valence-corrected chi connectivity index (χ2v) is 2.97. The molecule has 3 nitrogen and oxygen atoms in total. The van der Waals surface area contributed by atoms with Crippen LogP contribution in [0.15, 0.2) is 24.3 Å². The summed E-state index contributed by atoms with van der Waals surface area (Å²) >= 11 is 0. The summed E-state index contributed by atoms with van der Waals surface area (Å²) in [7, 11) is 0. The maximum Gasteiger partial charge on any atom is 0.404 e. The normalized spacial score (nSPS) is 9.79. The number of carboxylic acid groups (broad SMARTS) is 1. The van der Waals surface area contributed by atoms with E-state index in [2.05, 4.69) is 5.32 Å². The molecule has 0 aromatic heterocycles. The molecule has 0 saturated carbocycles. The highest BCUT2D eigenvalue weighted by Gasteiger charge is 1.96. The number of benzene rings is 1. The van der Waals surface area contributed by atoms with Crippen molar-refractivity contribution in [1.82, 2.24) is 5.32 Å². The number of amides is 1. The van der Waals surface area contributed by atoms with E-state index < -0.39 is 6.09 Å². The third kappa shape index (κ3) is 3.89. The Bertz CT molecular complexity index is 315. The Labute approximate surface area is 81.6 Å². The van der Waals surface area contributed by atoms with Crippen molar-refractivity contribution in [2.24, 2.45) is 0 Å². The molecule has 0 aliphatic rings. The summed E-state index contributed by atoms with van der Waals surface area (Å²) in [6, 6.07) is 6.32. The molecule has 0 spiro atoms. The van der Waals surface area contributed by atoms with Crippen molar-refractivity contribution in [3.05, 3.63) is 35.6 Å². The SMILES string of the molecule is O=C(O)NCCCc1cccc(F)c1. The van der Waals surface area contributed by atoms with Gasteiger partial charge in [0, 0.05) is 6.54 Å². The molecule has 14 heavy (non-hydrogen) atoms. The van der Waals surface area contributed by atoms with Crippen molar-refractivity contribution in [1.29, 1.82) is 0 Å². The van der Waals surface area contributed by atoms with Gasteiger partial charge in [-0.3, -0.25) is 0 Å². The van der Waals surface area contributed by atoms with Crippen LogP contribution in [0.25, 0.3) is 0 Å². The fourth-order valence-corrected chi connectivity index (χ4v) is 1.18. The second-order valence-electron chi connectivity index (χ2n) is 2.97. The minimum Gasteiger partial charge on any atom is -0.465 e. The molecule has 2 N–H and O–H groups in total. The molecule has 0 heterocycles. The first-order chi connectivity index (χ1) is 6.68. The molecule has 0 unspecified atom stereocenters. The van der Waals surface area contributed by atoms with E-state index in [9.17, 15) is 9.18 Å². The first kappa shape index (κ1) is 10.5. The Morgan fingerprint density at radius 2 is 2.29 bits per heavy atom. The zero-order valence-corrected chi connectivity index (χ0v) is 7.66. The largest absolute Gasteiger partial charge is 0.465 e. The Kier molecular flexibility index (Phi) is 3.91. The molecular formula is C10H12FNO2. The predicted octanol–water partition coefficient (Wildman–Crippen LogP) is 2.03. The number of carbonyl (C=O) groups is 1. The third-order valence-electron chi connectivity index (χ3n) is 1.81. The van der Waals surface area contributed by atoms with Gasteiger partial charge >= 0.3 is 6.09 Å². The van der Waals surface area contributed by atoms with Gasteiger partial charge in [-0.25, -0.2) is 9.18 Å². The van der Waals surface area contributed by atoms with E-state index in [1.807, 2.05) is 6.07 Å². The number of rotatable bonds is 4. The van der Waals surface area contributed by atoms with Crippen molar-refractivity contribution in [3.8, 4) is 0 Å². The molecule has 0 aliphatic carbocycles. The molecule has 0 fully saturated rings. The van der Waals surface area contributed by atoms with Crippen LogP contribution in [0.1, 0.15) is 12.0 Å². The zero-order chi connectivity index (χ0) is 10.4. The lowest BCUT2D eigenvalue weighted by Crippen LogP contribution is -2.22. The van der Waals surface area contributed by atoms with E-state index in [4.69, 9.17) is 5.11 Å². The molecule has 0 aliphatic heterocycles. The molecule has 0 atom stereocenters. The number of halogens is 1. The molecule has 1 aromatic rings. The number of nitrogens with one attached hydrogen (secondary N) is 1. The summed E-state index contributed by atoms with van der Waals surface area (Å²) in [5.41, 5.74) is 0.886. The van der Waals surface area contributed by atoms with Crippen LogP contribution in [0, 0.1) is 5.82 Å². The Morgan fingerprint density at radius 1 is 1.50 bits per heavy atom. The van der Waals surface area contributed by atoms with E-state index in [0.29, 0.717) is 19.4 Å².